The maximum Gasteiger partial charge on any atom is 0.416 e. The summed E-state index contributed by atoms with van der Waals surface area (Å²) in [6.07, 6.45) is 2.91. The van der Waals surface area contributed by atoms with Crippen LogP contribution in [0.3, 0.4) is 0 Å². The van der Waals surface area contributed by atoms with Crippen molar-refractivity contribution in [3.63, 3.8) is 0 Å². The number of rotatable bonds is 4. The van der Waals surface area contributed by atoms with E-state index < -0.39 is 11.7 Å². The molecule has 1 N–H and O–H groups in total. The molecule has 0 spiro atoms. The number of amides is 2. The fourth-order valence-corrected chi connectivity index (χ4v) is 5.57. The van der Waals surface area contributed by atoms with Gasteiger partial charge in [-0.25, -0.2) is 14.8 Å². The summed E-state index contributed by atoms with van der Waals surface area (Å²) in [6, 6.07) is 8.83. The third-order valence-electron chi connectivity index (χ3n) is 7.62. The Hall–Kier alpha value is -4.02. The normalized spacial score (nSPS) is 18.6. The number of piperazine rings is 1. The molecule has 39 heavy (non-hydrogen) atoms. The van der Waals surface area contributed by atoms with Crippen LogP contribution in [0, 0.1) is 5.92 Å². The number of nitrogens with one attached hydrogen (secondary N) is 1. The molecule has 1 unspecified atom stereocenters. The SMILES string of the molecule is O=C(N1CCN(c2cc[nH]c3cnc4nccc4c23)CC1)N1CCCC(COc2ccc(C(F)(F)F)cc2)C1. The van der Waals surface area contributed by atoms with Crippen molar-refractivity contribution in [1.82, 2.24) is 24.8 Å². The second-order valence-corrected chi connectivity index (χ2v) is 10.1. The first kappa shape index (κ1) is 25.3. The molecule has 5 heterocycles. The molecule has 1 atom stereocenters. The number of hydrogen-bond donors (Lipinski definition) is 1. The molecule has 6 rings (SSSR count). The van der Waals surface area contributed by atoms with E-state index in [0.717, 1.165) is 65.7 Å². The molecule has 2 amide bonds. The maximum absolute atomic E-state index is 13.4. The smallest absolute Gasteiger partial charge is 0.416 e. The van der Waals surface area contributed by atoms with Gasteiger partial charge in [0.2, 0.25) is 0 Å². The minimum absolute atomic E-state index is 0.0342. The average molecular weight is 539 g/mol. The first-order valence-corrected chi connectivity index (χ1v) is 13.2. The van der Waals surface area contributed by atoms with E-state index in [1.165, 1.54) is 12.1 Å². The summed E-state index contributed by atoms with van der Waals surface area (Å²) in [5.41, 5.74) is 2.08. The fourth-order valence-electron chi connectivity index (χ4n) is 5.57. The van der Waals surface area contributed by atoms with Gasteiger partial charge in [0.15, 0.2) is 5.65 Å². The molecule has 0 bridgehead atoms. The van der Waals surface area contributed by atoms with Gasteiger partial charge < -0.3 is 24.4 Å². The summed E-state index contributed by atoms with van der Waals surface area (Å²) < 4.78 is 44.1. The van der Waals surface area contributed by atoms with Crippen LogP contribution in [0.1, 0.15) is 18.4 Å². The summed E-state index contributed by atoms with van der Waals surface area (Å²) in [6.45, 7) is 4.32. The van der Waals surface area contributed by atoms with Crippen LogP contribution in [0.25, 0.3) is 21.9 Å². The van der Waals surface area contributed by atoms with Gasteiger partial charge in [-0.05, 0) is 49.2 Å². The number of urea groups is 1. The van der Waals surface area contributed by atoms with Crippen molar-refractivity contribution >= 4 is 33.7 Å². The van der Waals surface area contributed by atoms with E-state index in [4.69, 9.17) is 4.74 Å². The standard InChI is InChI=1S/C28H29F3N6O2/c29-28(30,31)20-3-5-21(6-4-20)39-18-19-2-1-11-37(17-19)27(38)36-14-12-35(13-15-36)24-8-10-32-23-16-34-26-22(25(23)24)7-9-33-26/h3-10,16,19,32H,1-2,11-15,17-18H2. The van der Waals surface area contributed by atoms with Crippen LogP contribution in [0.15, 0.2) is 55.0 Å². The van der Waals surface area contributed by atoms with Gasteiger partial charge in [0.05, 0.1) is 23.9 Å². The Bertz CT molecular complexity index is 1460. The third-order valence-corrected chi connectivity index (χ3v) is 7.62. The van der Waals surface area contributed by atoms with Gasteiger partial charge in [-0.2, -0.15) is 13.2 Å². The molecule has 11 heteroatoms. The second kappa shape index (κ2) is 10.3. The van der Waals surface area contributed by atoms with Crippen molar-refractivity contribution in [3.05, 3.63) is 60.6 Å². The molecule has 0 aliphatic carbocycles. The number of ether oxygens (including phenoxy) is 1. The van der Waals surface area contributed by atoms with Crippen molar-refractivity contribution in [2.45, 2.75) is 19.0 Å². The summed E-state index contributed by atoms with van der Waals surface area (Å²) in [4.78, 5) is 31.5. The number of halogens is 3. The van der Waals surface area contributed by atoms with E-state index in [0.29, 0.717) is 38.5 Å². The number of pyridine rings is 2. The number of fused-ring (bicyclic) bond motifs is 3. The van der Waals surface area contributed by atoms with Crippen LogP contribution in [0.4, 0.5) is 23.7 Å². The third kappa shape index (κ3) is 5.17. The Morgan fingerprint density at radius 1 is 1.00 bits per heavy atom. The van der Waals surface area contributed by atoms with E-state index in [1.807, 2.05) is 28.3 Å². The van der Waals surface area contributed by atoms with Crippen LogP contribution in [-0.4, -0.2) is 76.7 Å². The number of piperidine rings is 1. The van der Waals surface area contributed by atoms with Crippen molar-refractivity contribution in [3.8, 4) is 5.75 Å². The lowest BCUT2D eigenvalue weighted by atomic mass is 9.99. The van der Waals surface area contributed by atoms with Crippen LogP contribution in [0.5, 0.6) is 5.75 Å². The molecule has 4 aromatic rings. The Morgan fingerprint density at radius 3 is 2.56 bits per heavy atom. The molecule has 8 nitrogen and oxygen atoms in total. The average Bonchev–Trinajstić information content (AvgIpc) is 3.45. The van der Waals surface area contributed by atoms with Gasteiger partial charge in [-0.15, -0.1) is 0 Å². The Labute approximate surface area is 223 Å². The number of nitrogens with zero attached hydrogens (tertiary/aromatic N) is 5. The summed E-state index contributed by atoms with van der Waals surface area (Å²) in [5, 5.41) is 2.10. The number of hydrogen-bond acceptors (Lipinski definition) is 5. The lowest BCUT2D eigenvalue weighted by Crippen LogP contribution is -2.54. The van der Waals surface area contributed by atoms with E-state index in [2.05, 4.69) is 25.9 Å². The Morgan fingerprint density at radius 2 is 1.79 bits per heavy atom. The number of aromatic nitrogens is 3. The van der Waals surface area contributed by atoms with Gasteiger partial charge in [-0.1, -0.05) is 0 Å². The number of likely N-dealkylation sites (tertiary alicyclic amines) is 1. The molecule has 204 valence electrons. The second-order valence-electron chi connectivity index (χ2n) is 10.1. The highest BCUT2D eigenvalue weighted by atomic mass is 19.4. The lowest BCUT2D eigenvalue weighted by molar-refractivity contribution is -0.137. The molecule has 0 saturated carbocycles. The highest BCUT2D eigenvalue weighted by Crippen LogP contribution is 2.32. The van der Waals surface area contributed by atoms with E-state index in [9.17, 15) is 18.0 Å². The first-order valence-electron chi connectivity index (χ1n) is 13.2. The Kier molecular flexibility index (Phi) is 6.66. The van der Waals surface area contributed by atoms with Crippen molar-refractivity contribution < 1.29 is 22.7 Å². The topological polar surface area (TPSA) is 77.6 Å². The van der Waals surface area contributed by atoms with Crippen LogP contribution in [-0.2, 0) is 6.18 Å². The van der Waals surface area contributed by atoms with Crippen LogP contribution < -0.4 is 9.64 Å². The predicted molar refractivity (Wildman–Crippen MR) is 142 cm³/mol. The van der Waals surface area contributed by atoms with Crippen molar-refractivity contribution in [2.24, 2.45) is 5.92 Å². The molecule has 2 saturated heterocycles. The number of alkyl halides is 3. The largest absolute Gasteiger partial charge is 0.493 e. The van der Waals surface area contributed by atoms with Crippen LogP contribution >= 0.6 is 0 Å². The van der Waals surface area contributed by atoms with Gasteiger partial charge >= 0.3 is 12.2 Å². The summed E-state index contributed by atoms with van der Waals surface area (Å²) in [7, 11) is 0. The first-order chi connectivity index (χ1) is 18.9. The molecule has 2 aliphatic rings. The fraction of sp³-hybridized carbons (Fsp3) is 0.393. The number of benzene rings is 1. The van der Waals surface area contributed by atoms with Gasteiger partial charge in [0.1, 0.15) is 5.75 Å². The van der Waals surface area contributed by atoms with E-state index in [1.54, 1.807) is 6.20 Å². The number of aromatic amines is 1. The quantitative estimate of drug-likeness (QED) is 0.388. The van der Waals surface area contributed by atoms with Gasteiger partial charge in [-0.3, -0.25) is 0 Å². The highest BCUT2D eigenvalue weighted by Gasteiger charge is 2.31. The molecule has 3 aromatic heterocycles. The highest BCUT2D eigenvalue weighted by molar-refractivity contribution is 6.10. The summed E-state index contributed by atoms with van der Waals surface area (Å²) >= 11 is 0. The predicted octanol–water partition coefficient (Wildman–Crippen LogP) is 5.16. The number of anilines is 1. The zero-order valence-electron chi connectivity index (χ0n) is 21.3. The molecular formula is C28H29F3N6O2. The lowest BCUT2D eigenvalue weighted by Gasteiger charge is -2.41. The number of H-pyrrole nitrogens is 1. The van der Waals surface area contributed by atoms with E-state index in [-0.39, 0.29) is 11.9 Å². The monoisotopic (exact) mass is 538 g/mol. The molecular weight excluding hydrogens is 509 g/mol. The zero-order chi connectivity index (χ0) is 27.0. The van der Waals surface area contributed by atoms with Gasteiger partial charge in [0, 0.05) is 74.0 Å². The molecule has 2 aliphatic heterocycles. The molecule has 2 fully saturated rings. The Balaban J connectivity index is 1.05. The molecule has 0 radical (unpaired) electrons. The zero-order valence-corrected chi connectivity index (χ0v) is 21.3. The minimum Gasteiger partial charge on any atom is -0.493 e. The van der Waals surface area contributed by atoms with Crippen molar-refractivity contribution in [2.75, 3.05) is 50.8 Å². The minimum atomic E-state index is -4.37. The summed E-state index contributed by atoms with van der Waals surface area (Å²) in [5.74, 6) is 0.534. The van der Waals surface area contributed by atoms with Crippen molar-refractivity contribution in [1.29, 1.82) is 0 Å². The number of carbonyl (C=O) groups excluding carboxylic acids is 1. The molecule has 1 aromatic carbocycles. The van der Waals surface area contributed by atoms with Crippen LogP contribution in [0.2, 0.25) is 0 Å². The number of carbonyl (C=O) groups is 1. The maximum atomic E-state index is 13.4. The van der Waals surface area contributed by atoms with Gasteiger partial charge in [0.25, 0.3) is 0 Å². The van der Waals surface area contributed by atoms with E-state index >= 15 is 0 Å².